The number of allylic oxidation sites excluding steroid dienone is 2. The molecule has 1 fully saturated rings. The van der Waals surface area contributed by atoms with Crippen molar-refractivity contribution in [3.8, 4) is 0 Å². The molecule has 4 unspecified atom stereocenters. The van der Waals surface area contributed by atoms with Crippen molar-refractivity contribution in [2.75, 3.05) is 13.1 Å². The number of alkyl halides is 3. The lowest BCUT2D eigenvalue weighted by Crippen LogP contribution is -2.54. The Kier molecular flexibility index (Phi) is 11.4. The summed E-state index contributed by atoms with van der Waals surface area (Å²) in [6.45, 7) is 3.98. The zero-order chi connectivity index (χ0) is 37.3. The Bertz CT molecular complexity index is 2010. The van der Waals surface area contributed by atoms with Gasteiger partial charge in [0.1, 0.15) is 4.21 Å². The van der Waals surface area contributed by atoms with Crippen molar-refractivity contribution in [2.24, 2.45) is 5.41 Å². The molecule has 52 heavy (non-hydrogen) atoms. The smallest absolute Gasteiger partial charge is 0.393 e. The van der Waals surface area contributed by atoms with Gasteiger partial charge in [-0.3, -0.25) is 4.79 Å². The van der Waals surface area contributed by atoms with Crippen molar-refractivity contribution >= 4 is 38.5 Å². The van der Waals surface area contributed by atoms with E-state index < -0.39 is 50.6 Å². The molecule has 3 aliphatic carbocycles. The van der Waals surface area contributed by atoms with E-state index in [4.69, 9.17) is 0 Å². The van der Waals surface area contributed by atoms with Gasteiger partial charge < -0.3 is 10.2 Å². The number of rotatable bonds is 9. The van der Waals surface area contributed by atoms with E-state index in [1.54, 1.807) is 34.9 Å². The number of fused-ring (bicyclic) bond motifs is 8. The molecule has 0 amide bonds. The maximum absolute atomic E-state index is 14.3. The SMILES string of the molecule is CC1=CCCC2(C)C(CCC2(O)CN(CCc2cccs2)S(=O)(=O)c2cccs2)c2ccc(cc2C(=O)c2cccc(C(F)(F)F)c2)CC(O)CC1. The Morgan fingerprint density at radius 3 is 2.48 bits per heavy atom. The molecule has 12 heteroatoms. The zero-order valence-electron chi connectivity index (χ0n) is 29.2. The zero-order valence-corrected chi connectivity index (χ0v) is 31.7. The fourth-order valence-corrected chi connectivity index (χ4v) is 11.3. The maximum atomic E-state index is 14.3. The molecule has 2 bridgehead atoms. The molecule has 4 atom stereocenters. The molecule has 2 aromatic heterocycles. The fraction of sp³-hybridized carbons (Fsp3) is 0.425. The third-order valence-electron chi connectivity index (χ3n) is 11.1. The van der Waals surface area contributed by atoms with E-state index >= 15 is 0 Å². The average molecular weight is 772 g/mol. The second kappa shape index (κ2) is 15.3. The molecule has 7 rings (SSSR count). The summed E-state index contributed by atoms with van der Waals surface area (Å²) in [5.41, 5.74) is -0.870. The Labute approximate surface area is 311 Å². The Morgan fingerprint density at radius 2 is 1.77 bits per heavy atom. The minimum Gasteiger partial charge on any atom is -0.393 e. The Morgan fingerprint density at radius 1 is 1.00 bits per heavy atom. The number of sulfonamides is 1. The van der Waals surface area contributed by atoms with Crippen molar-refractivity contribution in [1.82, 2.24) is 4.31 Å². The van der Waals surface area contributed by atoms with Crippen molar-refractivity contribution in [1.29, 1.82) is 0 Å². The quantitative estimate of drug-likeness (QED) is 0.131. The van der Waals surface area contributed by atoms with Gasteiger partial charge in [-0.15, -0.1) is 22.7 Å². The molecule has 4 aromatic rings. The van der Waals surface area contributed by atoms with E-state index in [1.807, 2.05) is 43.5 Å². The van der Waals surface area contributed by atoms with Gasteiger partial charge in [0, 0.05) is 34.5 Å². The molecule has 0 aliphatic heterocycles. The van der Waals surface area contributed by atoms with Crippen LogP contribution in [-0.4, -0.2) is 53.5 Å². The number of carbonyl (C=O) groups excluding carboxylic acids is 1. The highest BCUT2D eigenvalue weighted by Crippen LogP contribution is 2.59. The third-order valence-corrected chi connectivity index (χ3v) is 15.2. The first-order chi connectivity index (χ1) is 24.6. The van der Waals surface area contributed by atoms with Gasteiger partial charge in [-0.25, -0.2) is 8.42 Å². The highest BCUT2D eigenvalue weighted by Gasteiger charge is 2.58. The monoisotopic (exact) mass is 771 g/mol. The number of nitrogens with zero attached hydrogens (tertiary/aromatic N) is 1. The summed E-state index contributed by atoms with van der Waals surface area (Å²) in [5.74, 6) is -1.00. The van der Waals surface area contributed by atoms with Crippen molar-refractivity contribution in [2.45, 2.75) is 93.2 Å². The van der Waals surface area contributed by atoms with E-state index in [-0.39, 0.29) is 41.3 Å². The summed E-state index contributed by atoms with van der Waals surface area (Å²) in [6.07, 6.45) is 0.384. The highest BCUT2D eigenvalue weighted by atomic mass is 32.2. The van der Waals surface area contributed by atoms with Crippen LogP contribution < -0.4 is 0 Å². The first-order valence-corrected chi connectivity index (χ1v) is 20.8. The van der Waals surface area contributed by atoms with Crippen LogP contribution in [-0.2, 0) is 29.0 Å². The van der Waals surface area contributed by atoms with Crippen LogP contribution in [0.4, 0.5) is 13.2 Å². The van der Waals surface area contributed by atoms with Gasteiger partial charge in [0.05, 0.1) is 17.3 Å². The predicted molar refractivity (Wildman–Crippen MR) is 199 cm³/mol. The first kappa shape index (κ1) is 38.6. The number of carbonyl (C=O) groups is 1. The number of aliphatic hydroxyl groups excluding tert-OH is 1. The van der Waals surface area contributed by atoms with E-state index in [2.05, 4.69) is 6.08 Å². The number of halogens is 3. The van der Waals surface area contributed by atoms with Crippen LogP contribution >= 0.6 is 22.7 Å². The average Bonchev–Trinajstić information content (AvgIpc) is 3.88. The standard InChI is InChI=1S/C40H44F3NO5S3/c1-27-7-4-18-38(2)35(16-19-39(38,47)26-44(20-17-32-10-5-21-50-32)52(48,49)36-11-6-22-51-36)33-15-13-28(23-31(45)14-12-27)24-34(33)37(46)29-8-3-9-30(25-29)40(41,42)43/h3,5-11,13,15,21-22,24-25,31,35,45,47H,4,12,14,16-20,23,26H2,1-2H3. The summed E-state index contributed by atoms with van der Waals surface area (Å²) < 4.78 is 71.1. The van der Waals surface area contributed by atoms with Gasteiger partial charge >= 0.3 is 6.18 Å². The van der Waals surface area contributed by atoms with Crippen LogP contribution in [0.2, 0.25) is 0 Å². The largest absolute Gasteiger partial charge is 0.416 e. The molecular formula is C40H44F3NO5S3. The second-order valence-electron chi connectivity index (χ2n) is 14.5. The summed E-state index contributed by atoms with van der Waals surface area (Å²) in [5, 5.41) is 27.5. The predicted octanol–water partition coefficient (Wildman–Crippen LogP) is 9.03. The molecule has 2 heterocycles. The molecule has 3 aliphatic rings. The van der Waals surface area contributed by atoms with Crippen molar-refractivity contribution in [3.05, 3.63) is 122 Å². The minimum absolute atomic E-state index is 0.106. The Hall–Kier alpha value is -3.13. The molecule has 6 nitrogen and oxygen atoms in total. The number of hydrogen-bond acceptors (Lipinski definition) is 7. The van der Waals surface area contributed by atoms with Gasteiger partial charge in [0.25, 0.3) is 10.0 Å². The molecule has 2 aromatic carbocycles. The highest BCUT2D eigenvalue weighted by molar-refractivity contribution is 7.91. The molecule has 2 N–H and O–H groups in total. The van der Waals surface area contributed by atoms with E-state index in [1.165, 1.54) is 16.4 Å². The second-order valence-corrected chi connectivity index (χ2v) is 18.6. The number of aliphatic hydroxyl groups is 2. The number of ketones is 1. The summed E-state index contributed by atoms with van der Waals surface area (Å²) in [6, 6.07) is 16.9. The van der Waals surface area contributed by atoms with Crippen LogP contribution in [0, 0.1) is 5.41 Å². The van der Waals surface area contributed by atoms with Gasteiger partial charge in [-0.05, 0) is 116 Å². The lowest BCUT2D eigenvalue weighted by atomic mass is 9.64. The number of benzene rings is 2. The fourth-order valence-electron chi connectivity index (χ4n) is 7.99. The van der Waals surface area contributed by atoms with Crippen LogP contribution in [0.25, 0.3) is 0 Å². The van der Waals surface area contributed by atoms with E-state index in [0.29, 0.717) is 49.7 Å². The molecule has 278 valence electrons. The van der Waals surface area contributed by atoms with Gasteiger partial charge in [-0.1, -0.05) is 55.0 Å². The molecule has 0 radical (unpaired) electrons. The summed E-state index contributed by atoms with van der Waals surface area (Å²) in [7, 11) is -3.97. The lowest BCUT2D eigenvalue weighted by Gasteiger charge is -2.46. The molecule has 0 spiro atoms. The van der Waals surface area contributed by atoms with Gasteiger partial charge in [0.15, 0.2) is 5.78 Å². The maximum Gasteiger partial charge on any atom is 0.416 e. The van der Waals surface area contributed by atoms with Gasteiger partial charge in [0.2, 0.25) is 0 Å². The van der Waals surface area contributed by atoms with E-state index in [9.17, 15) is 36.6 Å². The van der Waals surface area contributed by atoms with Crippen molar-refractivity contribution < 1.29 is 36.6 Å². The van der Waals surface area contributed by atoms with Crippen LogP contribution in [0.3, 0.4) is 0 Å². The van der Waals surface area contributed by atoms with Crippen molar-refractivity contribution in [3.63, 3.8) is 0 Å². The van der Waals surface area contributed by atoms with Crippen LogP contribution in [0.5, 0.6) is 0 Å². The van der Waals surface area contributed by atoms with Gasteiger partial charge in [-0.2, -0.15) is 17.5 Å². The number of thiophene rings is 2. The lowest BCUT2D eigenvalue weighted by molar-refractivity contribution is -0.137. The number of hydrogen-bond donors (Lipinski definition) is 2. The summed E-state index contributed by atoms with van der Waals surface area (Å²) >= 11 is 2.67. The van der Waals surface area contributed by atoms with Crippen LogP contribution in [0.1, 0.15) is 95.8 Å². The first-order valence-electron chi connectivity index (χ1n) is 17.6. The topological polar surface area (TPSA) is 94.9 Å². The molecule has 1 saturated carbocycles. The molecular weight excluding hydrogens is 728 g/mol. The van der Waals surface area contributed by atoms with Crippen LogP contribution in [0.15, 0.2) is 93.3 Å². The minimum atomic E-state index is -4.64. The Balaban J connectivity index is 1.45. The summed E-state index contributed by atoms with van der Waals surface area (Å²) in [4.78, 5) is 15.3. The normalized spacial score (nSPS) is 24.4. The van der Waals surface area contributed by atoms with E-state index in [0.717, 1.165) is 33.9 Å². The third kappa shape index (κ3) is 8.02. The molecule has 0 saturated heterocycles.